The maximum atomic E-state index is 12.2. The molecule has 2 N–H and O–H groups in total. The summed E-state index contributed by atoms with van der Waals surface area (Å²) in [6.45, 7) is 5.51. The van der Waals surface area contributed by atoms with Crippen LogP contribution in [-0.4, -0.2) is 23.0 Å². The quantitative estimate of drug-likeness (QED) is 0.813. The summed E-state index contributed by atoms with van der Waals surface area (Å²) in [5, 5.41) is 12.5. The summed E-state index contributed by atoms with van der Waals surface area (Å²) < 4.78 is 0. The van der Waals surface area contributed by atoms with E-state index >= 15 is 0 Å². The number of amides is 1. The van der Waals surface area contributed by atoms with Gasteiger partial charge >= 0.3 is 5.97 Å². The minimum Gasteiger partial charge on any atom is -0.480 e. The lowest BCUT2D eigenvalue weighted by Crippen LogP contribution is -2.47. The van der Waals surface area contributed by atoms with Gasteiger partial charge in [0.05, 0.1) is 0 Å². The standard InChI is InChI=1S/C16H22ClNO3/c1-4-10(2)14(16(20)21)18-15(19)11(3)8-12-6-5-7-13(17)9-12/h5-7,9-11,14H,4,8H2,1-3H3,(H,18,19)(H,20,21). The highest BCUT2D eigenvalue weighted by molar-refractivity contribution is 6.30. The first-order valence-corrected chi connectivity index (χ1v) is 7.50. The van der Waals surface area contributed by atoms with Crippen molar-refractivity contribution in [3.63, 3.8) is 0 Å². The number of hydrogen-bond donors (Lipinski definition) is 2. The van der Waals surface area contributed by atoms with Gasteiger partial charge in [-0.1, -0.05) is 50.9 Å². The Balaban J connectivity index is 2.67. The van der Waals surface area contributed by atoms with Crippen molar-refractivity contribution in [2.24, 2.45) is 11.8 Å². The van der Waals surface area contributed by atoms with E-state index in [1.807, 2.05) is 32.0 Å². The van der Waals surface area contributed by atoms with Gasteiger partial charge in [0.25, 0.3) is 0 Å². The number of carbonyl (C=O) groups excluding carboxylic acids is 1. The number of carbonyl (C=O) groups is 2. The van der Waals surface area contributed by atoms with E-state index in [0.29, 0.717) is 17.9 Å². The fourth-order valence-electron chi connectivity index (χ4n) is 2.09. The molecule has 0 aromatic heterocycles. The number of benzene rings is 1. The van der Waals surface area contributed by atoms with Crippen LogP contribution in [0.5, 0.6) is 0 Å². The van der Waals surface area contributed by atoms with Crippen LogP contribution < -0.4 is 5.32 Å². The van der Waals surface area contributed by atoms with Gasteiger partial charge in [-0.2, -0.15) is 0 Å². The average molecular weight is 312 g/mol. The van der Waals surface area contributed by atoms with Crippen molar-refractivity contribution < 1.29 is 14.7 Å². The minimum absolute atomic E-state index is 0.107. The zero-order valence-corrected chi connectivity index (χ0v) is 13.4. The summed E-state index contributed by atoms with van der Waals surface area (Å²) >= 11 is 5.92. The molecule has 0 spiro atoms. The predicted octanol–water partition coefficient (Wildman–Crippen LogP) is 3.13. The monoisotopic (exact) mass is 311 g/mol. The van der Waals surface area contributed by atoms with Crippen LogP contribution in [0.15, 0.2) is 24.3 Å². The van der Waals surface area contributed by atoms with E-state index in [0.717, 1.165) is 5.56 Å². The number of halogens is 1. The number of nitrogens with one attached hydrogen (secondary N) is 1. The highest BCUT2D eigenvalue weighted by Gasteiger charge is 2.27. The van der Waals surface area contributed by atoms with E-state index in [1.165, 1.54) is 0 Å². The zero-order chi connectivity index (χ0) is 16.0. The van der Waals surface area contributed by atoms with E-state index in [2.05, 4.69) is 5.32 Å². The van der Waals surface area contributed by atoms with E-state index in [1.54, 1.807) is 13.0 Å². The number of hydrogen-bond acceptors (Lipinski definition) is 2. The fraction of sp³-hybridized carbons (Fsp3) is 0.500. The van der Waals surface area contributed by atoms with Gasteiger partial charge in [-0.15, -0.1) is 0 Å². The van der Waals surface area contributed by atoms with Gasteiger partial charge in [0.2, 0.25) is 5.91 Å². The van der Waals surface area contributed by atoms with Crippen molar-refractivity contribution in [1.29, 1.82) is 0 Å². The van der Waals surface area contributed by atoms with Crippen LogP contribution in [-0.2, 0) is 16.0 Å². The van der Waals surface area contributed by atoms with E-state index in [-0.39, 0.29) is 17.7 Å². The van der Waals surface area contributed by atoms with Crippen LogP contribution in [0.2, 0.25) is 5.02 Å². The largest absolute Gasteiger partial charge is 0.480 e. The molecule has 5 heteroatoms. The lowest BCUT2D eigenvalue weighted by atomic mass is 9.96. The van der Waals surface area contributed by atoms with Crippen molar-refractivity contribution >= 4 is 23.5 Å². The fourth-order valence-corrected chi connectivity index (χ4v) is 2.30. The van der Waals surface area contributed by atoms with Crippen LogP contribution >= 0.6 is 11.6 Å². The maximum absolute atomic E-state index is 12.2. The highest BCUT2D eigenvalue weighted by atomic mass is 35.5. The van der Waals surface area contributed by atoms with Crippen LogP contribution in [0.3, 0.4) is 0 Å². The second kappa shape index (κ2) is 8.03. The molecule has 116 valence electrons. The molecule has 3 atom stereocenters. The third kappa shape index (κ3) is 5.38. The van der Waals surface area contributed by atoms with Crippen molar-refractivity contribution in [3.8, 4) is 0 Å². The number of carboxylic acid groups (broad SMARTS) is 1. The SMILES string of the molecule is CCC(C)C(NC(=O)C(C)Cc1cccc(Cl)c1)C(=O)O. The number of rotatable bonds is 7. The molecule has 0 fully saturated rings. The third-order valence-electron chi connectivity index (χ3n) is 3.66. The molecular weight excluding hydrogens is 290 g/mol. The van der Waals surface area contributed by atoms with E-state index < -0.39 is 12.0 Å². The molecule has 0 radical (unpaired) electrons. The maximum Gasteiger partial charge on any atom is 0.326 e. The second-order valence-corrected chi connectivity index (χ2v) is 5.88. The molecule has 1 aromatic carbocycles. The molecular formula is C16H22ClNO3. The highest BCUT2D eigenvalue weighted by Crippen LogP contribution is 2.15. The molecule has 0 aliphatic carbocycles. The minimum atomic E-state index is -0.993. The first kappa shape index (κ1) is 17.5. The number of carboxylic acids is 1. The lowest BCUT2D eigenvalue weighted by molar-refractivity contribution is -0.143. The predicted molar refractivity (Wildman–Crippen MR) is 83.3 cm³/mol. The summed E-state index contributed by atoms with van der Waals surface area (Å²) in [6.07, 6.45) is 1.22. The molecule has 0 saturated carbocycles. The lowest BCUT2D eigenvalue weighted by Gasteiger charge is -2.22. The summed E-state index contributed by atoms with van der Waals surface area (Å²) in [7, 11) is 0. The number of aliphatic carboxylic acids is 1. The molecule has 0 bridgehead atoms. The Bertz CT molecular complexity index is 504. The Labute approximate surface area is 130 Å². The Morgan fingerprint density at radius 2 is 2.00 bits per heavy atom. The van der Waals surface area contributed by atoms with Gasteiger partial charge in [0, 0.05) is 10.9 Å². The Morgan fingerprint density at radius 1 is 1.33 bits per heavy atom. The van der Waals surface area contributed by atoms with Gasteiger partial charge < -0.3 is 10.4 Å². The van der Waals surface area contributed by atoms with Crippen LogP contribution in [0.25, 0.3) is 0 Å². The summed E-state index contributed by atoms with van der Waals surface area (Å²) in [5.74, 6) is -1.66. The summed E-state index contributed by atoms with van der Waals surface area (Å²) in [4.78, 5) is 23.4. The zero-order valence-electron chi connectivity index (χ0n) is 12.6. The van der Waals surface area contributed by atoms with Crippen molar-refractivity contribution in [2.45, 2.75) is 39.7 Å². The molecule has 0 heterocycles. The molecule has 0 saturated heterocycles. The Morgan fingerprint density at radius 3 is 2.52 bits per heavy atom. The van der Waals surface area contributed by atoms with Gasteiger partial charge in [-0.3, -0.25) is 4.79 Å². The normalized spacial score (nSPS) is 15.0. The van der Waals surface area contributed by atoms with Crippen LogP contribution in [0, 0.1) is 11.8 Å². The average Bonchev–Trinajstić information content (AvgIpc) is 2.43. The molecule has 4 nitrogen and oxygen atoms in total. The summed E-state index contributed by atoms with van der Waals surface area (Å²) in [6, 6.07) is 6.48. The van der Waals surface area contributed by atoms with E-state index in [9.17, 15) is 14.7 Å². The second-order valence-electron chi connectivity index (χ2n) is 5.45. The first-order valence-electron chi connectivity index (χ1n) is 7.12. The van der Waals surface area contributed by atoms with Crippen molar-refractivity contribution in [3.05, 3.63) is 34.9 Å². The van der Waals surface area contributed by atoms with Gasteiger partial charge in [0.15, 0.2) is 0 Å². The third-order valence-corrected chi connectivity index (χ3v) is 3.89. The van der Waals surface area contributed by atoms with Gasteiger partial charge in [0.1, 0.15) is 6.04 Å². The Kier molecular flexibility index (Phi) is 6.69. The van der Waals surface area contributed by atoms with Crippen molar-refractivity contribution in [1.82, 2.24) is 5.32 Å². The molecule has 1 aromatic rings. The molecule has 0 aliphatic rings. The summed E-state index contributed by atoms with van der Waals surface area (Å²) in [5.41, 5.74) is 0.959. The smallest absolute Gasteiger partial charge is 0.326 e. The van der Waals surface area contributed by atoms with Crippen LogP contribution in [0.1, 0.15) is 32.8 Å². The molecule has 0 aliphatic heterocycles. The molecule has 21 heavy (non-hydrogen) atoms. The van der Waals surface area contributed by atoms with Crippen molar-refractivity contribution in [2.75, 3.05) is 0 Å². The molecule has 1 rings (SSSR count). The first-order chi connectivity index (χ1) is 9.85. The van der Waals surface area contributed by atoms with E-state index in [4.69, 9.17) is 11.6 Å². The van der Waals surface area contributed by atoms with Crippen LogP contribution in [0.4, 0.5) is 0 Å². The topological polar surface area (TPSA) is 66.4 Å². The van der Waals surface area contributed by atoms with Gasteiger partial charge in [-0.25, -0.2) is 4.79 Å². The Hall–Kier alpha value is -1.55. The molecule has 1 amide bonds. The van der Waals surface area contributed by atoms with Gasteiger partial charge in [-0.05, 0) is 30.0 Å². The molecule has 3 unspecified atom stereocenters.